The summed E-state index contributed by atoms with van der Waals surface area (Å²) in [5.41, 5.74) is 1.85. The van der Waals surface area contributed by atoms with Crippen LogP contribution in [0.25, 0.3) is 0 Å². The molecule has 18 heavy (non-hydrogen) atoms. The van der Waals surface area contributed by atoms with Crippen LogP contribution in [-0.4, -0.2) is 23.5 Å². The first-order chi connectivity index (χ1) is 8.67. The van der Waals surface area contributed by atoms with Crippen LogP contribution < -0.4 is 5.32 Å². The fraction of sp³-hybridized carbons (Fsp3) is 0.500. The highest BCUT2D eigenvalue weighted by atomic mass is 32.2. The summed E-state index contributed by atoms with van der Waals surface area (Å²) in [4.78, 5) is 0.999. The number of rotatable bonds is 7. The van der Waals surface area contributed by atoms with Crippen LogP contribution in [0.4, 0.5) is 0 Å². The number of nitriles is 1. The minimum Gasteiger partial charge on any atom is -0.396 e. The third kappa shape index (κ3) is 5.09. The molecule has 0 aliphatic rings. The predicted molar refractivity (Wildman–Crippen MR) is 75.6 cm³/mol. The molecule has 0 aliphatic heterocycles. The summed E-state index contributed by atoms with van der Waals surface area (Å²) in [6, 6.07) is 8.67. The second-order valence-corrected chi connectivity index (χ2v) is 5.54. The molecule has 98 valence electrons. The molecule has 1 aromatic carbocycles. The molecule has 2 N–H and O–H groups in total. The molecule has 0 unspecified atom stereocenters. The summed E-state index contributed by atoms with van der Waals surface area (Å²) < 4.78 is 0. The molecule has 0 aliphatic carbocycles. The summed E-state index contributed by atoms with van der Waals surface area (Å²) in [5, 5.41) is 21.2. The fourth-order valence-electron chi connectivity index (χ4n) is 1.47. The quantitative estimate of drug-likeness (QED) is 0.587. The Morgan fingerprint density at radius 1 is 1.44 bits per heavy atom. The summed E-state index contributed by atoms with van der Waals surface area (Å²) in [6.45, 7) is 5.19. The van der Waals surface area contributed by atoms with Crippen molar-refractivity contribution >= 4 is 11.8 Å². The van der Waals surface area contributed by atoms with E-state index in [-0.39, 0.29) is 6.61 Å². The van der Waals surface area contributed by atoms with E-state index in [4.69, 9.17) is 10.4 Å². The minimum absolute atomic E-state index is 0.200. The van der Waals surface area contributed by atoms with Gasteiger partial charge in [-0.05, 0) is 24.1 Å². The Morgan fingerprint density at radius 2 is 2.22 bits per heavy atom. The van der Waals surface area contributed by atoms with E-state index in [1.54, 1.807) is 11.8 Å². The van der Waals surface area contributed by atoms with E-state index in [0.29, 0.717) is 6.04 Å². The zero-order valence-corrected chi connectivity index (χ0v) is 11.8. The molecule has 0 saturated heterocycles. The Kier molecular flexibility index (Phi) is 6.81. The molecule has 4 heteroatoms. The van der Waals surface area contributed by atoms with Crippen LogP contribution in [0.3, 0.4) is 0 Å². The van der Waals surface area contributed by atoms with Crippen molar-refractivity contribution in [1.29, 1.82) is 5.26 Å². The van der Waals surface area contributed by atoms with Crippen LogP contribution in [-0.2, 0) is 6.54 Å². The van der Waals surface area contributed by atoms with Crippen molar-refractivity contribution in [1.82, 2.24) is 5.32 Å². The van der Waals surface area contributed by atoms with Gasteiger partial charge < -0.3 is 10.4 Å². The molecule has 0 radical (unpaired) electrons. The smallest absolute Gasteiger partial charge is 0.100 e. The number of nitrogens with one attached hydrogen (secondary N) is 1. The topological polar surface area (TPSA) is 56.0 Å². The first kappa shape index (κ1) is 15.0. The standard InChI is InChI=1S/C14H20N2OS/c1-11(2)16-10-12-4-5-14(13(8-12)9-15)18-7-3-6-17/h4-5,8,11,16-17H,3,6-7,10H2,1-2H3. The first-order valence-electron chi connectivity index (χ1n) is 6.17. The maximum atomic E-state index is 9.14. The lowest BCUT2D eigenvalue weighted by atomic mass is 10.1. The van der Waals surface area contributed by atoms with Crippen LogP contribution >= 0.6 is 11.8 Å². The lowest BCUT2D eigenvalue weighted by molar-refractivity contribution is 0.296. The second kappa shape index (κ2) is 8.15. The summed E-state index contributed by atoms with van der Waals surface area (Å²) in [5.74, 6) is 0.842. The normalized spacial score (nSPS) is 10.6. The molecule has 0 aromatic heterocycles. The Hall–Kier alpha value is -1.02. The highest BCUT2D eigenvalue weighted by Crippen LogP contribution is 2.24. The molecule has 0 heterocycles. The van der Waals surface area contributed by atoms with Gasteiger partial charge in [0.2, 0.25) is 0 Å². The van der Waals surface area contributed by atoms with Crippen molar-refractivity contribution in [3.05, 3.63) is 29.3 Å². The summed E-state index contributed by atoms with van der Waals surface area (Å²) in [7, 11) is 0. The van der Waals surface area contributed by atoms with Gasteiger partial charge in [0.25, 0.3) is 0 Å². The Morgan fingerprint density at radius 3 is 2.83 bits per heavy atom. The van der Waals surface area contributed by atoms with Crippen LogP contribution in [0, 0.1) is 11.3 Å². The van der Waals surface area contributed by atoms with Crippen molar-refractivity contribution in [2.45, 2.75) is 37.8 Å². The molecular formula is C14H20N2OS. The number of hydrogen-bond donors (Lipinski definition) is 2. The molecule has 1 rings (SSSR count). The van der Waals surface area contributed by atoms with Crippen molar-refractivity contribution in [3.8, 4) is 6.07 Å². The van der Waals surface area contributed by atoms with Gasteiger partial charge in [0, 0.05) is 29.8 Å². The predicted octanol–water partition coefficient (Wildman–Crippen LogP) is 2.53. The molecule has 0 atom stereocenters. The highest BCUT2D eigenvalue weighted by molar-refractivity contribution is 7.99. The van der Waals surface area contributed by atoms with Crippen LogP contribution in [0.1, 0.15) is 31.4 Å². The zero-order valence-electron chi connectivity index (χ0n) is 10.9. The van der Waals surface area contributed by atoms with E-state index in [1.165, 1.54) is 0 Å². The number of hydrogen-bond acceptors (Lipinski definition) is 4. The van der Waals surface area contributed by atoms with Gasteiger partial charge in [-0.2, -0.15) is 5.26 Å². The van der Waals surface area contributed by atoms with Gasteiger partial charge in [-0.15, -0.1) is 11.8 Å². The van der Waals surface area contributed by atoms with Crippen molar-refractivity contribution < 1.29 is 5.11 Å². The molecule has 3 nitrogen and oxygen atoms in total. The van der Waals surface area contributed by atoms with E-state index in [9.17, 15) is 0 Å². The van der Waals surface area contributed by atoms with E-state index < -0.39 is 0 Å². The van der Waals surface area contributed by atoms with Crippen molar-refractivity contribution in [2.75, 3.05) is 12.4 Å². The summed E-state index contributed by atoms with van der Waals surface area (Å²) >= 11 is 1.63. The van der Waals surface area contributed by atoms with E-state index >= 15 is 0 Å². The van der Waals surface area contributed by atoms with Gasteiger partial charge in [-0.25, -0.2) is 0 Å². The third-order valence-corrected chi connectivity index (χ3v) is 3.60. The monoisotopic (exact) mass is 264 g/mol. The van der Waals surface area contributed by atoms with Crippen LogP contribution in [0.15, 0.2) is 23.1 Å². The fourth-order valence-corrected chi connectivity index (χ4v) is 2.39. The molecular weight excluding hydrogens is 244 g/mol. The average Bonchev–Trinajstić information content (AvgIpc) is 2.37. The Balaban J connectivity index is 2.68. The van der Waals surface area contributed by atoms with Gasteiger partial charge in [0.1, 0.15) is 6.07 Å². The highest BCUT2D eigenvalue weighted by Gasteiger charge is 2.04. The number of nitrogens with zero attached hydrogens (tertiary/aromatic N) is 1. The lowest BCUT2D eigenvalue weighted by Gasteiger charge is -2.10. The third-order valence-electron chi connectivity index (χ3n) is 2.44. The van der Waals surface area contributed by atoms with Gasteiger partial charge in [-0.1, -0.05) is 19.9 Å². The molecule has 0 amide bonds. The largest absolute Gasteiger partial charge is 0.396 e. The Labute approximate surface area is 113 Å². The lowest BCUT2D eigenvalue weighted by Crippen LogP contribution is -2.21. The zero-order chi connectivity index (χ0) is 13.4. The molecule has 0 bridgehead atoms. The van der Waals surface area contributed by atoms with Crippen LogP contribution in [0.5, 0.6) is 0 Å². The second-order valence-electron chi connectivity index (χ2n) is 4.40. The van der Waals surface area contributed by atoms with Crippen molar-refractivity contribution in [2.24, 2.45) is 0 Å². The number of aliphatic hydroxyl groups is 1. The molecule has 1 aromatic rings. The minimum atomic E-state index is 0.200. The van der Waals surface area contributed by atoms with E-state index in [2.05, 4.69) is 31.3 Å². The van der Waals surface area contributed by atoms with Crippen molar-refractivity contribution in [3.63, 3.8) is 0 Å². The average molecular weight is 264 g/mol. The van der Waals surface area contributed by atoms with Gasteiger partial charge in [0.15, 0.2) is 0 Å². The van der Waals surface area contributed by atoms with Crippen LogP contribution in [0.2, 0.25) is 0 Å². The number of aliphatic hydroxyl groups excluding tert-OH is 1. The summed E-state index contributed by atoms with van der Waals surface area (Å²) in [6.07, 6.45) is 0.756. The molecule has 0 fully saturated rings. The maximum Gasteiger partial charge on any atom is 0.100 e. The SMILES string of the molecule is CC(C)NCc1ccc(SCCCO)c(C#N)c1. The van der Waals surface area contributed by atoms with E-state index in [0.717, 1.165) is 34.7 Å². The number of thioether (sulfide) groups is 1. The maximum absolute atomic E-state index is 9.14. The number of benzene rings is 1. The van der Waals surface area contributed by atoms with Gasteiger partial charge in [-0.3, -0.25) is 0 Å². The molecule has 0 spiro atoms. The molecule has 0 saturated carbocycles. The van der Waals surface area contributed by atoms with Gasteiger partial charge >= 0.3 is 0 Å². The first-order valence-corrected chi connectivity index (χ1v) is 7.16. The van der Waals surface area contributed by atoms with Gasteiger partial charge in [0.05, 0.1) is 5.56 Å². The van der Waals surface area contributed by atoms with E-state index in [1.807, 2.05) is 12.1 Å². The Bertz CT molecular complexity index is 413.